The number of nitrogens with zero attached hydrogens (tertiary/aromatic N) is 4. The lowest BCUT2D eigenvalue weighted by Gasteiger charge is -2.40. The van der Waals surface area contributed by atoms with Crippen LogP contribution in [0.2, 0.25) is 0 Å². The monoisotopic (exact) mass is 534 g/mol. The fraction of sp³-hybridized carbons (Fsp3) is 0.565. The van der Waals surface area contributed by atoms with Crippen molar-refractivity contribution in [1.29, 1.82) is 0 Å². The number of hydrogen-bond acceptors (Lipinski definition) is 6. The van der Waals surface area contributed by atoms with Gasteiger partial charge in [0.2, 0.25) is 0 Å². The van der Waals surface area contributed by atoms with Crippen LogP contribution in [0, 0.1) is 5.82 Å². The zero-order chi connectivity index (χ0) is 25.5. The Morgan fingerprint density at radius 2 is 1.63 bits per heavy atom. The Morgan fingerprint density at radius 3 is 2.23 bits per heavy atom. The van der Waals surface area contributed by atoms with Gasteiger partial charge in [-0.1, -0.05) is 0 Å². The molecule has 0 spiro atoms. The first-order chi connectivity index (χ1) is 16.4. The van der Waals surface area contributed by atoms with Crippen molar-refractivity contribution in [2.45, 2.75) is 43.2 Å². The second-order valence-electron chi connectivity index (χ2n) is 9.28. The molecule has 194 valence electrons. The van der Waals surface area contributed by atoms with Crippen molar-refractivity contribution in [3.63, 3.8) is 0 Å². The van der Waals surface area contributed by atoms with Crippen LogP contribution in [0.5, 0.6) is 0 Å². The molecule has 0 aliphatic carbocycles. The zero-order valence-electron chi connectivity index (χ0n) is 19.9. The maximum Gasteiger partial charge on any atom is 0.418 e. The van der Waals surface area contributed by atoms with Crippen LogP contribution < -0.4 is 9.80 Å². The van der Waals surface area contributed by atoms with E-state index in [1.165, 1.54) is 20.5 Å². The molecule has 1 aromatic heterocycles. The van der Waals surface area contributed by atoms with Crippen LogP contribution in [0.4, 0.5) is 28.3 Å². The molecule has 0 N–H and O–H groups in total. The first-order valence-electron chi connectivity index (χ1n) is 11.6. The van der Waals surface area contributed by atoms with Crippen LogP contribution in [0.3, 0.4) is 0 Å². The Balaban J connectivity index is 1.47. The second-order valence-corrected chi connectivity index (χ2v) is 12.5. The number of piperazine rings is 2. The Hall–Kier alpha value is -1.89. The lowest BCUT2D eigenvalue weighted by Crippen LogP contribution is -2.54. The normalized spacial score (nSPS) is 21.2. The standard InChI is InChI=1S/C23H30F4N4O2S2/c1-16(2)28-8-10-29(11-9-28)21-6-7-22(34-21)35(32,33)31-13-12-30(15-17(31)3)20-5-4-18(24)14-19(20)23(25,26)27/h4-7,14,16-17H,8-13,15H2,1-3H3/t17-/m1/s1. The van der Waals surface area contributed by atoms with Crippen molar-refractivity contribution in [2.24, 2.45) is 0 Å². The summed E-state index contributed by atoms with van der Waals surface area (Å²) in [6.07, 6.45) is -4.71. The van der Waals surface area contributed by atoms with Gasteiger partial charge >= 0.3 is 6.18 Å². The molecule has 12 heteroatoms. The molecule has 2 aliphatic heterocycles. The summed E-state index contributed by atoms with van der Waals surface area (Å²) in [6.45, 7) is 9.67. The van der Waals surface area contributed by atoms with Gasteiger partial charge in [-0.25, -0.2) is 12.8 Å². The van der Waals surface area contributed by atoms with E-state index in [1.807, 2.05) is 6.07 Å². The molecule has 0 saturated carbocycles. The summed E-state index contributed by atoms with van der Waals surface area (Å²) < 4.78 is 82.4. The molecule has 0 bridgehead atoms. The topological polar surface area (TPSA) is 47.1 Å². The second kappa shape index (κ2) is 9.87. The van der Waals surface area contributed by atoms with Gasteiger partial charge in [0.25, 0.3) is 10.0 Å². The van der Waals surface area contributed by atoms with Gasteiger partial charge in [-0.05, 0) is 51.1 Å². The third kappa shape index (κ3) is 5.45. The summed E-state index contributed by atoms with van der Waals surface area (Å²) in [5.41, 5.74) is -1.19. The van der Waals surface area contributed by atoms with Crippen molar-refractivity contribution < 1.29 is 26.0 Å². The third-order valence-electron chi connectivity index (χ3n) is 6.66. The van der Waals surface area contributed by atoms with E-state index in [0.717, 1.165) is 43.3 Å². The predicted octanol–water partition coefficient (Wildman–Crippen LogP) is 4.34. The lowest BCUT2D eigenvalue weighted by atomic mass is 10.1. The maximum atomic E-state index is 13.5. The lowest BCUT2D eigenvalue weighted by molar-refractivity contribution is -0.137. The average molecular weight is 535 g/mol. The van der Waals surface area contributed by atoms with E-state index in [1.54, 1.807) is 13.0 Å². The number of halogens is 4. The van der Waals surface area contributed by atoms with Crippen molar-refractivity contribution in [1.82, 2.24) is 9.21 Å². The van der Waals surface area contributed by atoms with Crippen molar-refractivity contribution in [3.8, 4) is 0 Å². The van der Waals surface area contributed by atoms with Gasteiger partial charge < -0.3 is 9.80 Å². The van der Waals surface area contributed by atoms with Crippen LogP contribution in [0.25, 0.3) is 0 Å². The molecule has 3 heterocycles. The van der Waals surface area contributed by atoms with Gasteiger partial charge in [-0.2, -0.15) is 17.5 Å². The SMILES string of the molecule is CC(C)N1CCN(c2ccc(S(=O)(=O)N3CCN(c4ccc(F)cc4C(F)(F)F)C[C@H]3C)s2)CC1. The molecule has 1 atom stereocenters. The third-order valence-corrected chi connectivity index (χ3v) is 10.3. The largest absolute Gasteiger partial charge is 0.418 e. The van der Waals surface area contributed by atoms with E-state index >= 15 is 0 Å². The summed E-state index contributed by atoms with van der Waals surface area (Å²) in [5, 5.41) is 0.902. The van der Waals surface area contributed by atoms with E-state index in [0.29, 0.717) is 12.1 Å². The van der Waals surface area contributed by atoms with E-state index < -0.39 is 33.6 Å². The predicted molar refractivity (Wildman–Crippen MR) is 130 cm³/mol. The molecule has 2 saturated heterocycles. The molecule has 35 heavy (non-hydrogen) atoms. The Bertz CT molecular complexity index is 1140. The van der Waals surface area contributed by atoms with Crippen LogP contribution in [-0.4, -0.2) is 75.5 Å². The molecule has 2 aliphatic rings. The van der Waals surface area contributed by atoms with Gasteiger partial charge in [-0.15, -0.1) is 11.3 Å². The molecule has 2 aromatic rings. The average Bonchev–Trinajstić information content (AvgIpc) is 3.29. The molecule has 0 unspecified atom stereocenters. The zero-order valence-corrected chi connectivity index (χ0v) is 21.6. The van der Waals surface area contributed by atoms with Crippen molar-refractivity contribution in [2.75, 3.05) is 55.6 Å². The number of sulfonamides is 1. The minimum atomic E-state index is -4.71. The van der Waals surface area contributed by atoms with Crippen LogP contribution in [0.1, 0.15) is 26.3 Å². The highest BCUT2D eigenvalue weighted by Crippen LogP contribution is 2.39. The number of alkyl halides is 3. The van der Waals surface area contributed by atoms with Gasteiger partial charge in [0.05, 0.1) is 10.6 Å². The van der Waals surface area contributed by atoms with E-state index in [-0.39, 0.29) is 29.5 Å². The van der Waals surface area contributed by atoms with E-state index in [2.05, 4.69) is 23.6 Å². The molecule has 1 aromatic carbocycles. The Labute approximate surface area is 207 Å². The first-order valence-corrected chi connectivity index (χ1v) is 13.9. The fourth-order valence-corrected chi connectivity index (χ4v) is 7.81. The summed E-state index contributed by atoms with van der Waals surface area (Å²) in [7, 11) is -3.80. The van der Waals surface area contributed by atoms with Crippen molar-refractivity contribution >= 4 is 32.0 Å². The Morgan fingerprint density at radius 1 is 0.971 bits per heavy atom. The highest BCUT2D eigenvalue weighted by molar-refractivity contribution is 7.91. The quantitative estimate of drug-likeness (QED) is 0.535. The molecule has 0 amide bonds. The molecular weight excluding hydrogens is 504 g/mol. The minimum Gasteiger partial charge on any atom is -0.368 e. The van der Waals surface area contributed by atoms with Crippen molar-refractivity contribution in [3.05, 3.63) is 41.7 Å². The molecule has 4 rings (SSSR count). The number of anilines is 2. The van der Waals surface area contributed by atoms with Crippen LogP contribution in [0.15, 0.2) is 34.5 Å². The molecular formula is C23H30F4N4O2S2. The Kier molecular flexibility index (Phi) is 7.38. The summed E-state index contributed by atoms with van der Waals surface area (Å²) >= 11 is 1.23. The summed E-state index contributed by atoms with van der Waals surface area (Å²) in [4.78, 5) is 6.05. The van der Waals surface area contributed by atoms with Gasteiger partial charge in [-0.3, -0.25) is 4.90 Å². The summed E-state index contributed by atoms with van der Waals surface area (Å²) in [5.74, 6) is -0.963. The maximum absolute atomic E-state index is 13.5. The van der Waals surface area contributed by atoms with Gasteiger partial charge in [0.15, 0.2) is 0 Å². The number of thiophene rings is 1. The molecule has 0 radical (unpaired) electrons. The van der Waals surface area contributed by atoms with Crippen LogP contribution in [-0.2, 0) is 16.2 Å². The fourth-order valence-electron chi connectivity index (χ4n) is 4.72. The molecule has 6 nitrogen and oxygen atoms in total. The van der Waals surface area contributed by atoms with Gasteiger partial charge in [0, 0.05) is 63.6 Å². The highest BCUT2D eigenvalue weighted by Gasteiger charge is 2.39. The highest BCUT2D eigenvalue weighted by atomic mass is 32.2. The molecule has 2 fully saturated rings. The van der Waals surface area contributed by atoms with Gasteiger partial charge in [0.1, 0.15) is 10.0 Å². The smallest absolute Gasteiger partial charge is 0.368 e. The number of hydrogen-bond donors (Lipinski definition) is 0. The van der Waals surface area contributed by atoms with E-state index in [4.69, 9.17) is 0 Å². The first kappa shape index (κ1) is 26.2. The summed E-state index contributed by atoms with van der Waals surface area (Å²) in [6, 6.07) is 5.95. The van der Waals surface area contributed by atoms with E-state index in [9.17, 15) is 26.0 Å². The number of benzene rings is 1. The minimum absolute atomic E-state index is 0.0401. The number of rotatable bonds is 5. The van der Waals surface area contributed by atoms with Crippen LogP contribution >= 0.6 is 11.3 Å².